The molecular formula is C25H28N4O2S. The number of para-hydroxylation sites is 1. The fourth-order valence-corrected chi connectivity index (χ4v) is 4.57. The maximum atomic E-state index is 12.9. The third-order valence-corrected chi connectivity index (χ3v) is 6.64. The number of aromatic nitrogens is 4. The Kier molecular flexibility index (Phi) is 6.37. The van der Waals surface area contributed by atoms with E-state index in [9.17, 15) is 4.79 Å². The third-order valence-electron chi connectivity index (χ3n) is 5.62. The van der Waals surface area contributed by atoms with Gasteiger partial charge in [-0.1, -0.05) is 55.9 Å². The summed E-state index contributed by atoms with van der Waals surface area (Å²) >= 11 is 1.39. The average Bonchev–Trinajstić information content (AvgIpc) is 3.32. The zero-order valence-electron chi connectivity index (χ0n) is 19.1. The topological polar surface area (TPSA) is 61.9 Å². The molecule has 0 N–H and O–H groups in total. The molecule has 2 heterocycles. The largest absolute Gasteiger partial charge is 0.483 e. The fourth-order valence-electron chi connectivity index (χ4n) is 3.77. The highest BCUT2D eigenvalue weighted by Crippen LogP contribution is 2.27. The van der Waals surface area contributed by atoms with Crippen molar-refractivity contribution in [3.63, 3.8) is 0 Å². The smallest absolute Gasteiger partial charge is 0.191 e. The Bertz CT molecular complexity index is 1240. The van der Waals surface area contributed by atoms with Gasteiger partial charge in [-0.25, -0.2) is 0 Å². The van der Waals surface area contributed by atoms with Crippen LogP contribution in [0.3, 0.4) is 0 Å². The first-order valence-electron chi connectivity index (χ1n) is 10.7. The minimum atomic E-state index is -0.263. The number of thioether (sulfide) groups is 1. The number of ketones is 1. The zero-order chi connectivity index (χ0) is 22.8. The van der Waals surface area contributed by atoms with Gasteiger partial charge in [0.1, 0.15) is 5.75 Å². The van der Waals surface area contributed by atoms with Gasteiger partial charge in [0, 0.05) is 36.8 Å². The fraction of sp³-hybridized carbons (Fsp3) is 0.320. The second-order valence-electron chi connectivity index (χ2n) is 8.27. The standard InChI is InChI=1S/C25H28N4O2S/c1-16(2)18-10-12-19(13-11-18)31-17(3)24-26-27-25(29(24)5)32-15-23(30)21-14-28(4)22-9-7-6-8-20(21)22/h6-14,16-17H,15H2,1-5H3. The molecule has 0 saturated carbocycles. The van der Waals surface area contributed by atoms with Gasteiger partial charge < -0.3 is 13.9 Å². The monoisotopic (exact) mass is 448 g/mol. The number of carbonyl (C=O) groups is 1. The summed E-state index contributed by atoms with van der Waals surface area (Å²) in [4.78, 5) is 12.9. The lowest BCUT2D eigenvalue weighted by atomic mass is 10.0. The van der Waals surface area contributed by atoms with E-state index in [1.807, 2.05) is 72.7 Å². The Morgan fingerprint density at radius 3 is 2.47 bits per heavy atom. The molecule has 166 valence electrons. The lowest BCUT2D eigenvalue weighted by molar-refractivity contribution is 0.102. The molecule has 0 amide bonds. The number of fused-ring (bicyclic) bond motifs is 1. The van der Waals surface area contributed by atoms with Gasteiger partial charge in [0.05, 0.1) is 5.75 Å². The number of carbonyl (C=O) groups excluding carboxylic acids is 1. The summed E-state index contributed by atoms with van der Waals surface area (Å²) in [6.45, 7) is 6.29. The number of aryl methyl sites for hydroxylation is 1. The van der Waals surface area contributed by atoms with Crippen LogP contribution in [0.4, 0.5) is 0 Å². The van der Waals surface area contributed by atoms with E-state index in [2.05, 4.69) is 36.2 Å². The summed E-state index contributed by atoms with van der Waals surface area (Å²) in [5, 5.41) is 10.3. The van der Waals surface area contributed by atoms with Gasteiger partial charge in [0.2, 0.25) is 0 Å². The summed E-state index contributed by atoms with van der Waals surface area (Å²) in [7, 11) is 3.86. The van der Waals surface area contributed by atoms with Crippen molar-refractivity contribution in [2.24, 2.45) is 14.1 Å². The number of nitrogens with zero attached hydrogens (tertiary/aromatic N) is 4. The number of hydrogen-bond donors (Lipinski definition) is 0. The predicted octanol–water partition coefficient (Wildman–Crippen LogP) is 5.55. The van der Waals surface area contributed by atoms with Crippen LogP contribution >= 0.6 is 11.8 Å². The minimum absolute atomic E-state index is 0.0749. The van der Waals surface area contributed by atoms with Crippen molar-refractivity contribution in [3.8, 4) is 5.75 Å². The Balaban J connectivity index is 1.42. The van der Waals surface area contributed by atoms with Gasteiger partial charge in [0.15, 0.2) is 22.9 Å². The van der Waals surface area contributed by atoms with Crippen molar-refractivity contribution >= 4 is 28.4 Å². The van der Waals surface area contributed by atoms with Crippen molar-refractivity contribution in [2.45, 2.75) is 37.9 Å². The second kappa shape index (κ2) is 9.20. The maximum absolute atomic E-state index is 12.9. The van der Waals surface area contributed by atoms with Crippen LogP contribution < -0.4 is 4.74 Å². The van der Waals surface area contributed by atoms with Crippen molar-refractivity contribution in [2.75, 3.05) is 5.75 Å². The highest BCUT2D eigenvalue weighted by atomic mass is 32.2. The van der Waals surface area contributed by atoms with Crippen LogP contribution in [0.15, 0.2) is 59.9 Å². The number of rotatable bonds is 8. The SMILES string of the molecule is CC(C)c1ccc(OC(C)c2nnc(SCC(=O)c3cn(C)c4ccccc34)n2C)cc1. The first-order valence-corrected chi connectivity index (χ1v) is 11.7. The lowest BCUT2D eigenvalue weighted by Gasteiger charge is -2.15. The summed E-state index contributed by atoms with van der Waals surface area (Å²) in [6.07, 6.45) is 1.64. The first-order chi connectivity index (χ1) is 15.3. The Morgan fingerprint density at radius 2 is 1.75 bits per heavy atom. The molecule has 1 unspecified atom stereocenters. The van der Waals surface area contributed by atoms with Crippen LogP contribution in [0.2, 0.25) is 0 Å². The molecule has 0 saturated heterocycles. The second-order valence-corrected chi connectivity index (χ2v) is 9.21. The van der Waals surface area contributed by atoms with E-state index in [4.69, 9.17) is 4.74 Å². The van der Waals surface area contributed by atoms with E-state index in [0.717, 1.165) is 28.0 Å². The molecule has 32 heavy (non-hydrogen) atoms. The van der Waals surface area contributed by atoms with Gasteiger partial charge in [0.25, 0.3) is 0 Å². The summed E-state index contributed by atoms with van der Waals surface area (Å²) in [5.74, 6) is 2.37. The Labute approximate surface area is 192 Å². The van der Waals surface area contributed by atoms with E-state index >= 15 is 0 Å². The normalized spacial score (nSPS) is 12.4. The lowest BCUT2D eigenvalue weighted by Crippen LogP contribution is -2.10. The molecule has 2 aromatic heterocycles. The van der Waals surface area contributed by atoms with E-state index < -0.39 is 0 Å². The van der Waals surface area contributed by atoms with E-state index in [0.29, 0.717) is 16.8 Å². The van der Waals surface area contributed by atoms with E-state index in [1.165, 1.54) is 17.3 Å². The first kappa shape index (κ1) is 22.1. The molecule has 2 aromatic carbocycles. The Morgan fingerprint density at radius 1 is 1.03 bits per heavy atom. The number of ether oxygens (including phenoxy) is 1. The molecule has 0 fully saturated rings. The minimum Gasteiger partial charge on any atom is -0.483 e. The number of benzene rings is 2. The molecule has 7 heteroatoms. The van der Waals surface area contributed by atoms with Crippen LogP contribution in [-0.4, -0.2) is 30.9 Å². The molecule has 4 aromatic rings. The quantitative estimate of drug-likeness (QED) is 0.261. The highest BCUT2D eigenvalue weighted by molar-refractivity contribution is 7.99. The molecular weight excluding hydrogens is 420 g/mol. The van der Waals surface area contributed by atoms with Crippen LogP contribution in [0.1, 0.15) is 54.5 Å². The molecule has 4 rings (SSSR count). The molecule has 0 aliphatic carbocycles. The van der Waals surface area contributed by atoms with Crippen molar-refractivity contribution in [3.05, 3.63) is 71.7 Å². The summed E-state index contributed by atoms with van der Waals surface area (Å²) in [5.41, 5.74) is 3.06. The number of Topliss-reactive ketones (excluding diaryl/α,β-unsaturated/α-hetero) is 1. The van der Waals surface area contributed by atoms with E-state index in [1.54, 1.807) is 0 Å². The van der Waals surface area contributed by atoms with Gasteiger partial charge in [-0.05, 0) is 36.6 Å². The van der Waals surface area contributed by atoms with E-state index in [-0.39, 0.29) is 11.9 Å². The van der Waals surface area contributed by atoms with Gasteiger partial charge >= 0.3 is 0 Å². The maximum Gasteiger partial charge on any atom is 0.191 e. The summed E-state index contributed by atoms with van der Waals surface area (Å²) < 4.78 is 9.96. The molecule has 0 aliphatic heterocycles. The van der Waals surface area contributed by atoms with Crippen LogP contribution in [0.5, 0.6) is 5.75 Å². The summed E-state index contributed by atoms with van der Waals surface area (Å²) in [6, 6.07) is 16.1. The predicted molar refractivity (Wildman–Crippen MR) is 129 cm³/mol. The van der Waals surface area contributed by atoms with Crippen LogP contribution in [0, 0.1) is 0 Å². The molecule has 0 spiro atoms. The van der Waals surface area contributed by atoms with Crippen molar-refractivity contribution in [1.29, 1.82) is 0 Å². The average molecular weight is 449 g/mol. The van der Waals surface area contributed by atoms with Crippen LogP contribution in [0.25, 0.3) is 10.9 Å². The molecule has 0 aliphatic rings. The van der Waals surface area contributed by atoms with Crippen molar-refractivity contribution in [1.82, 2.24) is 19.3 Å². The third kappa shape index (κ3) is 4.43. The molecule has 6 nitrogen and oxygen atoms in total. The van der Waals surface area contributed by atoms with Gasteiger partial charge in [-0.3, -0.25) is 4.79 Å². The molecule has 0 bridgehead atoms. The van der Waals surface area contributed by atoms with Gasteiger partial charge in [-0.15, -0.1) is 10.2 Å². The Hall–Kier alpha value is -3.06. The van der Waals surface area contributed by atoms with Gasteiger partial charge in [-0.2, -0.15) is 0 Å². The number of hydrogen-bond acceptors (Lipinski definition) is 5. The van der Waals surface area contributed by atoms with Crippen molar-refractivity contribution < 1.29 is 9.53 Å². The molecule has 1 atom stereocenters. The van der Waals surface area contributed by atoms with Crippen LogP contribution in [-0.2, 0) is 14.1 Å². The molecule has 0 radical (unpaired) electrons. The highest BCUT2D eigenvalue weighted by Gasteiger charge is 2.20. The zero-order valence-corrected chi connectivity index (χ0v) is 19.9.